The Morgan fingerprint density at radius 1 is 1.64 bits per heavy atom. The van der Waals surface area contributed by atoms with E-state index in [4.69, 9.17) is 0 Å². The van der Waals surface area contributed by atoms with Crippen molar-refractivity contribution in [1.29, 1.82) is 0 Å². The number of ether oxygens (including phenoxy) is 1. The molecule has 2 unspecified atom stereocenters. The van der Waals surface area contributed by atoms with Gasteiger partial charge in [0.2, 0.25) is 0 Å². The summed E-state index contributed by atoms with van der Waals surface area (Å²) in [5.41, 5.74) is 0.934. The van der Waals surface area contributed by atoms with E-state index in [9.17, 15) is 4.79 Å². The lowest BCUT2D eigenvalue weighted by atomic mass is 9.99. The molecule has 2 aliphatic rings. The molecule has 0 aliphatic heterocycles. The van der Waals surface area contributed by atoms with Gasteiger partial charge in [-0.05, 0) is 31.1 Å². The van der Waals surface area contributed by atoms with E-state index in [1.807, 2.05) is 0 Å². The van der Waals surface area contributed by atoms with Crippen molar-refractivity contribution >= 4 is 5.97 Å². The molecule has 0 aromatic rings. The first-order valence-electron chi connectivity index (χ1n) is 4.11. The van der Waals surface area contributed by atoms with Gasteiger partial charge >= 0.3 is 5.97 Å². The van der Waals surface area contributed by atoms with Crippen LogP contribution in [0.25, 0.3) is 0 Å². The molecule has 0 N–H and O–H groups in total. The zero-order chi connectivity index (χ0) is 7.84. The summed E-state index contributed by atoms with van der Waals surface area (Å²) < 4.78 is 4.68. The maximum atomic E-state index is 11.1. The molecule has 0 saturated heterocycles. The lowest BCUT2D eigenvalue weighted by molar-refractivity contribution is -0.136. The molecule has 0 radical (unpaired) electrons. The summed E-state index contributed by atoms with van der Waals surface area (Å²) in [6.45, 7) is 0. The highest BCUT2D eigenvalue weighted by Gasteiger charge is 2.36. The highest BCUT2D eigenvalue weighted by molar-refractivity contribution is 5.89. The highest BCUT2D eigenvalue weighted by atomic mass is 16.5. The molecular formula is C9H12O2. The second kappa shape index (κ2) is 2.36. The van der Waals surface area contributed by atoms with Gasteiger partial charge in [-0.15, -0.1) is 0 Å². The fraction of sp³-hybridized carbons (Fsp3) is 0.667. The van der Waals surface area contributed by atoms with E-state index in [0.717, 1.165) is 5.57 Å². The summed E-state index contributed by atoms with van der Waals surface area (Å²) in [6, 6.07) is 0. The summed E-state index contributed by atoms with van der Waals surface area (Å²) in [5, 5.41) is 0. The lowest BCUT2D eigenvalue weighted by Gasteiger charge is -2.09. The van der Waals surface area contributed by atoms with E-state index in [2.05, 4.69) is 10.8 Å². The van der Waals surface area contributed by atoms with Crippen molar-refractivity contribution in [2.75, 3.05) is 7.11 Å². The van der Waals surface area contributed by atoms with Crippen molar-refractivity contribution in [2.45, 2.75) is 19.3 Å². The number of methoxy groups -OCH3 is 1. The Bertz CT molecular complexity index is 218. The Balaban J connectivity index is 2.16. The quantitative estimate of drug-likeness (QED) is 0.532. The van der Waals surface area contributed by atoms with Crippen molar-refractivity contribution in [1.82, 2.24) is 0 Å². The first-order chi connectivity index (χ1) is 5.31. The SMILES string of the molecule is COC(=O)C1=CC2CCC1C2. The molecule has 11 heavy (non-hydrogen) atoms. The molecule has 2 atom stereocenters. The van der Waals surface area contributed by atoms with E-state index in [1.165, 1.54) is 26.4 Å². The summed E-state index contributed by atoms with van der Waals surface area (Å²) >= 11 is 0. The standard InChI is InChI=1S/C9H12O2/c1-11-9(10)8-5-6-2-3-7(8)4-6/h5-7H,2-4H2,1H3. The van der Waals surface area contributed by atoms with Gasteiger partial charge in [0.25, 0.3) is 0 Å². The molecule has 0 aromatic carbocycles. The topological polar surface area (TPSA) is 26.3 Å². The van der Waals surface area contributed by atoms with Gasteiger partial charge in [-0.1, -0.05) is 6.08 Å². The van der Waals surface area contributed by atoms with Crippen molar-refractivity contribution in [3.05, 3.63) is 11.6 Å². The number of esters is 1. The third-order valence-electron chi connectivity index (χ3n) is 2.75. The fourth-order valence-electron chi connectivity index (χ4n) is 2.19. The van der Waals surface area contributed by atoms with Crippen LogP contribution in [0.4, 0.5) is 0 Å². The number of allylic oxidation sites excluding steroid dienone is 1. The Morgan fingerprint density at radius 3 is 2.91 bits per heavy atom. The molecule has 60 valence electrons. The summed E-state index contributed by atoms with van der Waals surface area (Å²) in [6.07, 6.45) is 5.74. The number of hydrogen-bond donors (Lipinski definition) is 0. The molecule has 2 rings (SSSR count). The number of fused-ring (bicyclic) bond motifs is 2. The van der Waals surface area contributed by atoms with Crippen molar-refractivity contribution in [2.24, 2.45) is 11.8 Å². The van der Waals surface area contributed by atoms with E-state index < -0.39 is 0 Å². The van der Waals surface area contributed by atoms with E-state index in [-0.39, 0.29) is 5.97 Å². The molecule has 2 nitrogen and oxygen atoms in total. The smallest absolute Gasteiger partial charge is 0.333 e. The van der Waals surface area contributed by atoms with Crippen molar-refractivity contribution < 1.29 is 9.53 Å². The predicted molar refractivity (Wildman–Crippen MR) is 40.9 cm³/mol. The molecular weight excluding hydrogens is 140 g/mol. The second-order valence-electron chi connectivity index (χ2n) is 3.38. The molecule has 0 spiro atoms. The number of hydrogen-bond acceptors (Lipinski definition) is 2. The van der Waals surface area contributed by atoms with Crippen molar-refractivity contribution in [3.8, 4) is 0 Å². The Kier molecular flexibility index (Phi) is 1.48. The van der Waals surface area contributed by atoms with Crippen molar-refractivity contribution in [3.63, 3.8) is 0 Å². The van der Waals surface area contributed by atoms with Crippen LogP contribution in [0.15, 0.2) is 11.6 Å². The second-order valence-corrected chi connectivity index (χ2v) is 3.38. The monoisotopic (exact) mass is 152 g/mol. The largest absolute Gasteiger partial charge is 0.466 e. The van der Waals surface area contributed by atoms with E-state index >= 15 is 0 Å². The number of rotatable bonds is 1. The first kappa shape index (κ1) is 6.89. The normalized spacial score (nSPS) is 33.7. The van der Waals surface area contributed by atoms with Crippen LogP contribution in [-0.4, -0.2) is 13.1 Å². The minimum Gasteiger partial charge on any atom is -0.466 e. The summed E-state index contributed by atoms with van der Waals surface area (Å²) in [7, 11) is 1.45. The van der Waals surface area contributed by atoms with Crippen LogP contribution < -0.4 is 0 Å². The van der Waals surface area contributed by atoms with Gasteiger partial charge in [0.1, 0.15) is 0 Å². The maximum absolute atomic E-state index is 11.1. The highest BCUT2D eigenvalue weighted by Crippen LogP contribution is 2.43. The maximum Gasteiger partial charge on any atom is 0.333 e. The van der Waals surface area contributed by atoms with Crippen LogP contribution in [0.2, 0.25) is 0 Å². The molecule has 0 aromatic heterocycles. The third-order valence-corrected chi connectivity index (χ3v) is 2.75. The van der Waals surface area contributed by atoms with Gasteiger partial charge < -0.3 is 4.74 Å². The molecule has 1 fully saturated rings. The summed E-state index contributed by atoms with van der Waals surface area (Å²) in [4.78, 5) is 11.1. The van der Waals surface area contributed by atoms with Gasteiger partial charge in [-0.2, -0.15) is 0 Å². The van der Waals surface area contributed by atoms with E-state index in [0.29, 0.717) is 11.8 Å². The van der Waals surface area contributed by atoms with Crippen LogP contribution in [-0.2, 0) is 9.53 Å². The van der Waals surface area contributed by atoms with Gasteiger partial charge in [0.15, 0.2) is 0 Å². The zero-order valence-corrected chi connectivity index (χ0v) is 6.67. The minimum absolute atomic E-state index is 0.114. The first-order valence-corrected chi connectivity index (χ1v) is 4.11. The molecule has 2 heteroatoms. The predicted octanol–water partition coefficient (Wildman–Crippen LogP) is 1.52. The van der Waals surface area contributed by atoms with Gasteiger partial charge in [-0.25, -0.2) is 4.79 Å². The van der Waals surface area contributed by atoms with Gasteiger partial charge in [0.05, 0.1) is 7.11 Å². The molecule has 1 saturated carbocycles. The number of carbonyl (C=O) groups excluding carboxylic acids is 1. The van der Waals surface area contributed by atoms with Crippen LogP contribution in [0.1, 0.15) is 19.3 Å². The average molecular weight is 152 g/mol. The zero-order valence-electron chi connectivity index (χ0n) is 6.67. The molecule has 2 aliphatic carbocycles. The Labute approximate surface area is 66.2 Å². The fourth-order valence-corrected chi connectivity index (χ4v) is 2.19. The number of carbonyl (C=O) groups is 1. The van der Waals surface area contributed by atoms with Crippen LogP contribution in [0, 0.1) is 11.8 Å². The minimum atomic E-state index is -0.114. The molecule has 0 heterocycles. The molecule has 2 bridgehead atoms. The lowest BCUT2D eigenvalue weighted by Crippen LogP contribution is -2.10. The third kappa shape index (κ3) is 0.971. The van der Waals surface area contributed by atoms with Crippen LogP contribution in [0.3, 0.4) is 0 Å². The average Bonchev–Trinajstić information content (AvgIpc) is 2.62. The molecule has 0 amide bonds. The van der Waals surface area contributed by atoms with Gasteiger partial charge in [0, 0.05) is 5.57 Å². The van der Waals surface area contributed by atoms with Gasteiger partial charge in [-0.3, -0.25) is 0 Å². The van der Waals surface area contributed by atoms with E-state index in [1.54, 1.807) is 0 Å². The van der Waals surface area contributed by atoms with Crippen LogP contribution in [0.5, 0.6) is 0 Å². The Hall–Kier alpha value is -0.790. The Morgan fingerprint density at radius 2 is 2.45 bits per heavy atom. The van der Waals surface area contributed by atoms with Crippen LogP contribution >= 0.6 is 0 Å². The summed E-state index contributed by atoms with van der Waals surface area (Å²) in [5.74, 6) is 1.08.